The largest absolute Gasteiger partial charge is 0.355 e. The molecule has 0 aliphatic carbocycles. The number of benzene rings is 1. The molecule has 4 heteroatoms. The molecule has 1 aromatic rings. The lowest BCUT2D eigenvalue weighted by Gasteiger charge is -2.30. The maximum absolute atomic E-state index is 11.4. The molecule has 3 N–H and O–H groups in total. The first-order chi connectivity index (χ1) is 8.72. The van der Waals surface area contributed by atoms with Crippen LogP contribution in [0.1, 0.15) is 23.6 Å². The van der Waals surface area contributed by atoms with Crippen LogP contribution in [0.15, 0.2) is 24.3 Å². The molecule has 1 amide bonds. The fourth-order valence-electron chi connectivity index (χ4n) is 2.53. The Hall–Kier alpha value is -1.39. The van der Waals surface area contributed by atoms with Gasteiger partial charge in [-0.3, -0.25) is 9.69 Å². The average Bonchev–Trinajstić information content (AvgIpc) is 2.58. The van der Waals surface area contributed by atoms with Gasteiger partial charge in [-0.1, -0.05) is 24.3 Å². The summed E-state index contributed by atoms with van der Waals surface area (Å²) in [6.07, 6.45) is 0.558. The van der Waals surface area contributed by atoms with Crippen LogP contribution in [-0.2, 0) is 4.79 Å². The van der Waals surface area contributed by atoms with Gasteiger partial charge in [-0.15, -0.1) is 0 Å². The first kappa shape index (κ1) is 13.1. The van der Waals surface area contributed by atoms with Crippen molar-refractivity contribution in [2.24, 2.45) is 5.73 Å². The van der Waals surface area contributed by atoms with E-state index in [1.807, 2.05) is 12.1 Å². The minimum Gasteiger partial charge on any atom is -0.355 e. The molecular weight excluding hydrogens is 226 g/mol. The van der Waals surface area contributed by atoms with Crippen molar-refractivity contribution in [1.29, 1.82) is 0 Å². The molecule has 1 aromatic carbocycles. The zero-order chi connectivity index (χ0) is 13.0. The molecule has 0 radical (unpaired) electrons. The van der Waals surface area contributed by atoms with Gasteiger partial charge < -0.3 is 11.1 Å². The topological polar surface area (TPSA) is 58.4 Å². The van der Waals surface area contributed by atoms with E-state index in [1.165, 1.54) is 11.1 Å². The van der Waals surface area contributed by atoms with Crippen LogP contribution in [0.25, 0.3) is 0 Å². The molecule has 0 saturated carbocycles. The lowest BCUT2D eigenvalue weighted by atomic mass is 10.00. The standard InChI is InChI=1S/C14H21N3O/c1-11-4-2-3-5-12(11)13(10-15)17-8-6-14(18)16-7-9-17/h2-5,13H,6-10,15H2,1H3,(H,16,18). The number of rotatable bonds is 3. The molecule has 2 rings (SSSR count). The van der Waals surface area contributed by atoms with Crippen LogP contribution < -0.4 is 11.1 Å². The third-order valence-corrected chi connectivity index (χ3v) is 3.56. The normalized spacial score (nSPS) is 19.1. The van der Waals surface area contributed by atoms with Gasteiger partial charge in [0, 0.05) is 38.6 Å². The molecular formula is C14H21N3O. The van der Waals surface area contributed by atoms with E-state index in [4.69, 9.17) is 5.73 Å². The molecule has 0 bridgehead atoms. The first-order valence-electron chi connectivity index (χ1n) is 6.48. The summed E-state index contributed by atoms with van der Waals surface area (Å²) in [5, 5.41) is 2.90. The van der Waals surface area contributed by atoms with Crippen LogP contribution >= 0.6 is 0 Å². The second kappa shape index (κ2) is 5.98. The van der Waals surface area contributed by atoms with E-state index < -0.39 is 0 Å². The summed E-state index contributed by atoms with van der Waals surface area (Å²) < 4.78 is 0. The van der Waals surface area contributed by atoms with Gasteiger partial charge in [0.2, 0.25) is 5.91 Å². The molecule has 98 valence electrons. The van der Waals surface area contributed by atoms with Crippen LogP contribution in [0.5, 0.6) is 0 Å². The van der Waals surface area contributed by atoms with E-state index in [1.54, 1.807) is 0 Å². The molecule has 1 saturated heterocycles. The number of nitrogens with two attached hydrogens (primary N) is 1. The summed E-state index contributed by atoms with van der Waals surface area (Å²) in [6, 6.07) is 8.54. The van der Waals surface area contributed by atoms with E-state index in [0.29, 0.717) is 19.5 Å². The van der Waals surface area contributed by atoms with E-state index in [9.17, 15) is 4.79 Å². The van der Waals surface area contributed by atoms with E-state index in [0.717, 1.165) is 13.1 Å². The van der Waals surface area contributed by atoms with Crippen LogP contribution in [0.4, 0.5) is 0 Å². The van der Waals surface area contributed by atoms with Gasteiger partial charge in [0.05, 0.1) is 0 Å². The molecule has 1 aliphatic heterocycles. The van der Waals surface area contributed by atoms with Gasteiger partial charge in [-0.05, 0) is 18.1 Å². The maximum atomic E-state index is 11.4. The molecule has 1 atom stereocenters. The predicted molar refractivity (Wildman–Crippen MR) is 72.2 cm³/mol. The first-order valence-corrected chi connectivity index (χ1v) is 6.48. The van der Waals surface area contributed by atoms with E-state index in [2.05, 4.69) is 29.3 Å². The highest BCUT2D eigenvalue weighted by Gasteiger charge is 2.22. The Kier molecular flexibility index (Phi) is 4.33. The molecule has 18 heavy (non-hydrogen) atoms. The number of hydrogen-bond donors (Lipinski definition) is 2. The number of carbonyl (C=O) groups is 1. The molecule has 0 spiro atoms. The Morgan fingerprint density at radius 2 is 2.17 bits per heavy atom. The summed E-state index contributed by atoms with van der Waals surface area (Å²) in [7, 11) is 0. The van der Waals surface area contributed by atoms with Crippen molar-refractivity contribution in [2.45, 2.75) is 19.4 Å². The maximum Gasteiger partial charge on any atom is 0.221 e. The monoisotopic (exact) mass is 247 g/mol. The van der Waals surface area contributed by atoms with Crippen molar-refractivity contribution < 1.29 is 4.79 Å². The number of hydrogen-bond acceptors (Lipinski definition) is 3. The number of amides is 1. The fraction of sp³-hybridized carbons (Fsp3) is 0.500. The summed E-state index contributed by atoms with van der Waals surface area (Å²) in [5.74, 6) is 0.137. The zero-order valence-corrected chi connectivity index (χ0v) is 10.9. The summed E-state index contributed by atoms with van der Waals surface area (Å²) in [4.78, 5) is 13.7. The van der Waals surface area contributed by atoms with Crippen LogP contribution in [0, 0.1) is 6.92 Å². The van der Waals surface area contributed by atoms with Gasteiger partial charge in [0.25, 0.3) is 0 Å². The van der Waals surface area contributed by atoms with Crippen LogP contribution in [0.3, 0.4) is 0 Å². The average molecular weight is 247 g/mol. The number of aryl methyl sites for hydroxylation is 1. The van der Waals surface area contributed by atoms with Crippen molar-refractivity contribution in [3.63, 3.8) is 0 Å². The van der Waals surface area contributed by atoms with Crippen LogP contribution in [-0.4, -0.2) is 37.0 Å². The van der Waals surface area contributed by atoms with Crippen LogP contribution in [0.2, 0.25) is 0 Å². The van der Waals surface area contributed by atoms with Gasteiger partial charge in [0.1, 0.15) is 0 Å². The second-order valence-electron chi connectivity index (χ2n) is 4.74. The van der Waals surface area contributed by atoms with Gasteiger partial charge in [-0.2, -0.15) is 0 Å². The lowest BCUT2D eigenvalue weighted by Crippen LogP contribution is -2.36. The Morgan fingerprint density at radius 3 is 2.89 bits per heavy atom. The van der Waals surface area contributed by atoms with Gasteiger partial charge in [-0.25, -0.2) is 0 Å². The van der Waals surface area contributed by atoms with Crippen molar-refractivity contribution in [2.75, 3.05) is 26.2 Å². The Morgan fingerprint density at radius 1 is 1.39 bits per heavy atom. The number of carbonyl (C=O) groups excluding carboxylic acids is 1. The minimum atomic E-state index is 0.137. The molecule has 1 heterocycles. The Bertz CT molecular complexity index is 419. The SMILES string of the molecule is Cc1ccccc1C(CN)N1CCNC(=O)CC1. The summed E-state index contributed by atoms with van der Waals surface area (Å²) in [6.45, 7) is 5.05. The van der Waals surface area contributed by atoms with E-state index in [-0.39, 0.29) is 11.9 Å². The van der Waals surface area contributed by atoms with Crippen molar-refractivity contribution >= 4 is 5.91 Å². The van der Waals surface area contributed by atoms with Crippen molar-refractivity contribution in [1.82, 2.24) is 10.2 Å². The van der Waals surface area contributed by atoms with Gasteiger partial charge in [0.15, 0.2) is 0 Å². The Balaban J connectivity index is 2.18. The lowest BCUT2D eigenvalue weighted by molar-refractivity contribution is -0.120. The number of nitrogens with one attached hydrogen (secondary N) is 1. The third-order valence-electron chi connectivity index (χ3n) is 3.56. The highest BCUT2D eigenvalue weighted by atomic mass is 16.1. The van der Waals surface area contributed by atoms with Crippen molar-refractivity contribution in [3.05, 3.63) is 35.4 Å². The summed E-state index contributed by atoms with van der Waals surface area (Å²) in [5.41, 5.74) is 8.48. The van der Waals surface area contributed by atoms with Crippen molar-refractivity contribution in [3.8, 4) is 0 Å². The highest BCUT2D eigenvalue weighted by Crippen LogP contribution is 2.23. The minimum absolute atomic E-state index is 0.137. The Labute approximate surface area is 108 Å². The summed E-state index contributed by atoms with van der Waals surface area (Å²) >= 11 is 0. The molecule has 1 aliphatic rings. The van der Waals surface area contributed by atoms with E-state index >= 15 is 0 Å². The fourth-order valence-corrected chi connectivity index (χ4v) is 2.53. The quantitative estimate of drug-likeness (QED) is 0.831. The smallest absolute Gasteiger partial charge is 0.221 e. The number of nitrogens with zero attached hydrogens (tertiary/aromatic N) is 1. The highest BCUT2D eigenvalue weighted by molar-refractivity contribution is 5.76. The second-order valence-corrected chi connectivity index (χ2v) is 4.74. The molecule has 4 nitrogen and oxygen atoms in total. The zero-order valence-electron chi connectivity index (χ0n) is 10.9. The molecule has 1 unspecified atom stereocenters. The van der Waals surface area contributed by atoms with Gasteiger partial charge >= 0.3 is 0 Å². The molecule has 1 fully saturated rings. The third kappa shape index (κ3) is 2.89. The predicted octanol–water partition coefficient (Wildman–Crippen LogP) is 0.817. The molecule has 0 aromatic heterocycles.